The van der Waals surface area contributed by atoms with E-state index in [2.05, 4.69) is 17.5 Å². The van der Waals surface area contributed by atoms with Crippen molar-refractivity contribution in [3.05, 3.63) is 65.2 Å². The van der Waals surface area contributed by atoms with E-state index in [1.54, 1.807) is 6.07 Å². The summed E-state index contributed by atoms with van der Waals surface area (Å²) < 4.78 is 5.86. The molecule has 1 fully saturated rings. The Morgan fingerprint density at radius 3 is 2.59 bits per heavy atom. The summed E-state index contributed by atoms with van der Waals surface area (Å²) in [4.78, 5) is 11.0. The molecule has 27 heavy (non-hydrogen) atoms. The molecule has 1 aliphatic carbocycles. The zero-order valence-corrected chi connectivity index (χ0v) is 15.2. The molecule has 0 atom stereocenters. The molecule has 3 rings (SSSR count). The Morgan fingerprint density at radius 2 is 1.85 bits per heavy atom. The van der Waals surface area contributed by atoms with Gasteiger partial charge in [0.2, 0.25) is 0 Å². The number of carboxylic acid groups (broad SMARTS) is 1. The molecular formula is C22H24N2O3. The molecule has 0 amide bonds. The van der Waals surface area contributed by atoms with Crippen molar-refractivity contribution in [1.29, 1.82) is 5.26 Å². The molecule has 1 aliphatic rings. The van der Waals surface area contributed by atoms with E-state index in [0.29, 0.717) is 18.2 Å². The molecule has 0 radical (unpaired) electrons. The van der Waals surface area contributed by atoms with Gasteiger partial charge in [0.05, 0.1) is 17.6 Å². The maximum Gasteiger partial charge on any atom is 0.306 e. The fraction of sp³-hybridized carbons (Fsp3) is 0.364. The van der Waals surface area contributed by atoms with Crippen molar-refractivity contribution in [3.63, 3.8) is 0 Å². The van der Waals surface area contributed by atoms with E-state index < -0.39 is 5.97 Å². The van der Waals surface area contributed by atoms with Crippen molar-refractivity contribution in [2.75, 3.05) is 0 Å². The van der Waals surface area contributed by atoms with E-state index in [4.69, 9.17) is 15.1 Å². The number of aliphatic carboxylic acids is 1. The van der Waals surface area contributed by atoms with Gasteiger partial charge in [-0.05, 0) is 61.1 Å². The van der Waals surface area contributed by atoms with E-state index in [1.165, 1.54) is 0 Å². The van der Waals surface area contributed by atoms with Crippen LogP contribution >= 0.6 is 0 Å². The van der Waals surface area contributed by atoms with Gasteiger partial charge in [-0.1, -0.05) is 24.3 Å². The monoisotopic (exact) mass is 364 g/mol. The lowest BCUT2D eigenvalue weighted by molar-refractivity contribution is -0.142. The Kier molecular flexibility index (Phi) is 6.45. The Labute approximate surface area is 159 Å². The van der Waals surface area contributed by atoms with Crippen molar-refractivity contribution in [3.8, 4) is 11.8 Å². The van der Waals surface area contributed by atoms with Crippen molar-refractivity contribution in [2.45, 2.75) is 44.9 Å². The Bertz CT molecular complexity index is 820. The van der Waals surface area contributed by atoms with Crippen LogP contribution in [-0.4, -0.2) is 17.1 Å². The Morgan fingerprint density at radius 1 is 1.11 bits per heavy atom. The molecule has 0 unspecified atom stereocenters. The maximum atomic E-state index is 11.0. The SMILES string of the molecule is N#Cc1cccc(COc2cccc(CNC3CCC(C(=O)O)CC3)c2)c1. The molecule has 0 aromatic heterocycles. The van der Waals surface area contributed by atoms with Gasteiger partial charge in [-0.25, -0.2) is 0 Å². The smallest absolute Gasteiger partial charge is 0.306 e. The van der Waals surface area contributed by atoms with Crippen LogP contribution in [-0.2, 0) is 17.9 Å². The van der Waals surface area contributed by atoms with Crippen LogP contribution in [0.3, 0.4) is 0 Å². The standard InChI is InChI=1S/C22H24N2O3/c23-13-16-3-1-5-18(11-16)15-27-21-6-2-4-17(12-21)14-24-20-9-7-19(8-10-20)22(25)26/h1-6,11-12,19-20,24H,7-10,14-15H2,(H,25,26). The summed E-state index contributed by atoms with van der Waals surface area (Å²) in [5, 5.41) is 21.6. The molecule has 2 aromatic carbocycles. The normalized spacial score (nSPS) is 19.2. The first kappa shape index (κ1) is 18.9. The van der Waals surface area contributed by atoms with Crippen LogP contribution in [0.2, 0.25) is 0 Å². The van der Waals surface area contributed by atoms with E-state index in [9.17, 15) is 4.79 Å². The first-order chi connectivity index (χ1) is 13.1. The summed E-state index contributed by atoms with van der Waals surface area (Å²) in [5.74, 6) is -0.0517. The zero-order chi connectivity index (χ0) is 19.1. The molecule has 2 aromatic rings. The van der Waals surface area contributed by atoms with E-state index in [-0.39, 0.29) is 5.92 Å². The van der Waals surface area contributed by atoms with E-state index in [0.717, 1.165) is 49.1 Å². The second kappa shape index (κ2) is 9.20. The molecule has 5 heteroatoms. The third kappa shape index (κ3) is 5.57. The predicted octanol–water partition coefficient (Wildman–Crippen LogP) is 3.87. The average molecular weight is 364 g/mol. The first-order valence-corrected chi connectivity index (χ1v) is 9.31. The highest BCUT2D eigenvalue weighted by atomic mass is 16.5. The zero-order valence-electron chi connectivity index (χ0n) is 15.2. The molecule has 0 heterocycles. The van der Waals surface area contributed by atoms with E-state index in [1.807, 2.05) is 36.4 Å². The highest BCUT2D eigenvalue weighted by molar-refractivity contribution is 5.70. The molecule has 0 bridgehead atoms. The van der Waals surface area contributed by atoms with Gasteiger partial charge in [0.25, 0.3) is 0 Å². The summed E-state index contributed by atoms with van der Waals surface area (Å²) in [6.45, 7) is 1.16. The third-order valence-electron chi connectivity index (χ3n) is 5.03. The number of nitrogens with zero attached hydrogens (tertiary/aromatic N) is 1. The summed E-state index contributed by atoms with van der Waals surface area (Å²) >= 11 is 0. The van der Waals surface area contributed by atoms with Crippen LogP contribution in [0.5, 0.6) is 5.75 Å². The first-order valence-electron chi connectivity index (χ1n) is 9.31. The van der Waals surface area contributed by atoms with Crippen LogP contribution in [0.15, 0.2) is 48.5 Å². The van der Waals surface area contributed by atoms with Gasteiger partial charge >= 0.3 is 5.97 Å². The number of ether oxygens (including phenoxy) is 1. The summed E-state index contributed by atoms with van der Waals surface area (Å²) in [6.07, 6.45) is 3.31. The minimum absolute atomic E-state index is 0.181. The highest BCUT2D eigenvalue weighted by Gasteiger charge is 2.25. The van der Waals surface area contributed by atoms with Crippen LogP contribution in [0.1, 0.15) is 42.4 Å². The number of hydrogen-bond acceptors (Lipinski definition) is 4. The third-order valence-corrected chi connectivity index (χ3v) is 5.03. The van der Waals surface area contributed by atoms with Gasteiger partial charge in [0, 0.05) is 12.6 Å². The lowest BCUT2D eigenvalue weighted by Crippen LogP contribution is -2.34. The molecular weight excluding hydrogens is 340 g/mol. The number of carboxylic acids is 1. The van der Waals surface area contributed by atoms with Crippen LogP contribution in [0.25, 0.3) is 0 Å². The lowest BCUT2D eigenvalue weighted by Gasteiger charge is -2.27. The molecule has 140 valence electrons. The minimum Gasteiger partial charge on any atom is -0.489 e. The predicted molar refractivity (Wildman–Crippen MR) is 102 cm³/mol. The quantitative estimate of drug-likeness (QED) is 0.779. The molecule has 1 saturated carbocycles. The van der Waals surface area contributed by atoms with Crippen molar-refractivity contribution in [1.82, 2.24) is 5.32 Å². The number of nitriles is 1. The average Bonchev–Trinajstić information content (AvgIpc) is 2.71. The Hall–Kier alpha value is -2.84. The topological polar surface area (TPSA) is 82.3 Å². The highest BCUT2D eigenvalue weighted by Crippen LogP contribution is 2.25. The number of rotatable bonds is 7. The molecule has 0 aliphatic heterocycles. The van der Waals surface area contributed by atoms with Crippen LogP contribution < -0.4 is 10.1 Å². The van der Waals surface area contributed by atoms with E-state index >= 15 is 0 Å². The van der Waals surface area contributed by atoms with Crippen molar-refractivity contribution < 1.29 is 14.6 Å². The van der Waals surface area contributed by atoms with Gasteiger partial charge in [-0.3, -0.25) is 4.79 Å². The maximum absolute atomic E-state index is 11.0. The van der Waals surface area contributed by atoms with Gasteiger partial charge < -0.3 is 15.2 Å². The van der Waals surface area contributed by atoms with Crippen LogP contribution in [0.4, 0.5) is 0 Å². The van der Waals surface area contributed by atoms with Gasteiger partial charge in [-0.15, -0.1) is 0 Å². The largest absolute Gasteiger partial charge is 0.489 e. The molecule has 5 nitrogen and oxygen atoms in total. The Balaban J connectivity index is 1.49. The number of benzene rings is 2. The molecule has 2 N–H and O–H groups in total. The van der Waals surface area contributed by atoms with Gasteiger partial charge in [0.15, 0.2) is 0 Å². The molecule has 0 saturated heterocycles. The van der Waals surface area contributed by atoms with Gasteiger partial charge in [0.1, 0.15) is 12.4 Å². The number of hydrogen-bond donors (Lipinski definition) is 2. The summed E-state index contributed by atoms with van der Waals surface area (Å²) in [5.41, 5.74) is 2.73. The second-order valence-electron chi connectivity index (χ2n) is 7.02. The fourth-order valence-electron chi connectivity index (χ4n) is 3.45. The van der Waals surface area contributed by atoms with Crippen molar-refractivity contribution >= 4 is 5.97 Å². The fourth-order valence-corrected chi connectivity index (χ4v) is 3.45. The van der Waals surface area contributed by atoms with Gasteiger partial charge in [-0.2, -0.15) is 5.26 Å². The summed E-state index contributed by atoms with van der Waals surface area (Å²) in [7, 11) is 0. The van der Waals surface area contributed by atoms with Crippen molar-refractivity contribution in [2.24, 2.45) is 5.92 Å². The lowest BCUT2D eigenvalue weighted by atomic mass is 9.86. The molecule has 0 spiro atoms. The minimum atomic E-state index is -0.668. The number of carbonyl (C=O) groups is 1. The summed E-state index contributed by atoms with van der Waals surface area (Å²) in [6, 6.07) is 17.9. The van der Waals surface area contributed by atoms with Crippen LogP contribution in [0, 0.1) is 17.2 Å². The number of nitrogens with one attached hydrogen (secondary N) is 1. The second-order valence-corrected chi connectivity index (χ2v) is 7.02.